The molecule has 1 aliphatic heterocycles. The lowest BCUT2D eigenvalue weighted by atomic mass is 10.0. The molecular weight excluding hydrogens is 264 g/mol. The maximum absolute atomic E-state index is 10.6. The summed E-state index contributed by atoms with van der Waals surface area (Å²) >= 11 is 0. The summed E-state index contributed by atoms with van der Waals surface area (Å²) in [5, 5.41) is 10.6. The van der Waals surface area contributed by atoms with Gasteiger partial charge in [0.2, 0.25) is 0 Å². The van der Waals surface area contributed by atoms with Gasteiger partial charge in [-0.25, -0.2) is 0 Å². The maximum atomic E-state index is 10.6. The number of hydrogen-bond donors (Lipinski definition) is 1. The molecular formula is C17H26N2O2. The first-order valence-electron chi connectivity index (χ1n) is 7.99. The molecule has 1 aromatic rings. The molecule has 1 aromatic carbocycles. The molecule has 0 bridgehead atoms. The Kier molecular flexibility index (Phi) is 4.48. The number of aliphatic hydroxyl groups excluding tert-OH is 1. The number of aliphatic hydroxyl groups is 1. The largest absolute Gasteiger partial charge is 0.497 e. The van der Waals surface area contributed by atoms with Gasteiger partial charge in [-0.1, -0.05) is 12.1 Å². The van der Waals surface area contributed by atoms with Crippen molar-refractivity contribution in [3.8, 4) is 5.75 Å². The van der Waals surface area contributed by atoms with Crippen LogP contribution in [0.3, 0.4) is 0 Å². The van der Waals surface area contributed by atoms with E-state index in [-0.39, 0.29) is 6.04 Å². The van der Waals surface area contributed by atoms with Crippen LogP contribution in [-0.2, 0) is 0 Å². The predicted octanol–water partition coefficient (Wildman–Crippen LogP) is 1.90. The van der Waals surface area contributed by atoms with Crippen molar-refractivity contribution in [1.82, 2.24) is 9.80 Å². The molecule has 0 radical (unpaired) electrons. The zero-order valence-electron chi connectivity index (χ0n) is 13.0. The Morgan fingerprint density at radius 2 is 1.71 bits per heavy atom. The zero-order chi connectivity index (χ0) is 14.8. The molecule has 3 rings (SSSR count). The van der Waals surface area contributed by atoms with Crippen LogP contribution in [0.4, 0.5) is 0 Å². The number of nitrogens with zero attached hydrogens (tertiary/aromatic N) is 2. The molecule has 21 heavy (non-hydrogen) atoms. The van der Waals surface area contributed by atoms with Crippen molar-refractivity contribution >= 4 is 0 Å². The van der Waals surface area contributed by atoms with Crippen LogP contribution in [-0.4, -0.2) is 60.3 Å². The number of hydrogen-bond acceptors (Lipinski definition) is 4. The van der Waals surface area contributed by atoms with Gasteiger partial charge in [-0.2, -0.15) is 0 Å². The van der Waals surface area contributed by atoms with E-state index >= 15 is 0 Å². The average molecular weight is 290 g/mol. The van der Waals surface area contributed by atoms with Crippen LogP contribution in [0.1, 0.15) is 31.4 Å². The third kappa shape index (κ3) is 3.39. The highest BCUT2D eigenvalue weighted by molar-refractivity contribution is 5.29. The summed E-state index contributed by atoms with van der Waals surface area (Å²) in [6.45, 7) is 6.53. The van der Waals surface area contributed by atoms with Gasteiger partial charge in [0.1, 0.15) is 5.75 Å². The second-order valence-electron chi connectivity index (χ2n) is 6.26. The Balaban J connectivity index is 1.57. The third-order valence-corrected chi connectivity index (χ3v) is 4.90. The minimum Gasteiger partial charge on any atom is -0.497 e. The van der Waals surface area contributed by atoms with Gasteiger partial charge in [0.25, 0.3) is 0 Å². The highest BCUT2D eigenvalue weighted by atomic mass is 16.5. The molecule has 4 heteroatoms. The van der Waals surface area contributed by atoms with Gasteiger partial charge in [-0.3, -0.25) is 9.80 Å². The number of rotatable bonds is 5. The van der Waals surface area contributed by atoms with Gasteiger partial charge < -0.3 is 9.84 Å². The van der Waals surface area contributed by atoms with Crippen LogP contribution in [0, 0.1) is 0 Å². The molecule has 0 aromatic heterocycles. The van der Waals surface area contributed by atoms with Crippen LogP contribution in [0.5, 0.6) is 5.75 Å². The average Bonchev–Trinajstić information content (AvgIpc) is 3.39. The molecule has 1 heterocycles. The van der Waals surface area contributed by atoms with Crippen molar-refractivity contribution in [3.05, 3.63) is 29.8 Å². The number of piperazine rings is 1. The normalized spacial score (nSPS) is 23.8. The van der Waals surface area contributed by atoms with E-state index < -0.39 is 6.10 Å². The Hall–Kier alpha value is -1.10. The summed E-state index contributed by atoms with van der Waals surface area (Å²) in [6, 6.07) is 8.75. The summed E-state index contributed by atoms with van der Waals surface area (Å²) in [4.78, 5) is 5.01. The van der Waals surface area contributed by atoms with Crippen LogP contribution in [0.25, 0.3) is 0 Å². The van der Waals surface area contributed by atoms with Gasteiger partial charge in [-0.15, -0.1) is 0 Å². The fourth-order valence-corrected chi connectivity index (χ4v) is 3.23. The molecule has 4 nitrogen and oxygen atoms in total. The van der Waals surface area contributed by atoms with E-state index in [0.717, 1.165) is 43.5 Å². The number of benzene rings is 1. The van der Waals surface area contributed by atoms with Crippen LogP contribution in [0.15, 0.2) is 24.3 Å². The molecule has 0 amide bonds. The van der Waals surface area contributed by atoms with Crippen molar-refractivity contribution in [2.45, 2.75) is 38.0 Å². The first kappa shape index (κ1) is 14.8. The standard InChI is InChI=1S/C17H26N2O2/c1-13(17(20)14-3-7-16(21-2)8-4-14)18-9-11-19(12-10-18)15-5-6-15/h3-4,7-8,13,15,17,20H,5-6,9-12H2,1-2H3. The fraction of sp³-hybridized carbons (Fsp3) is 0.647. The zero-order valence-corrected chi connectivity index (χ0v) is 13.0. The fourth-order valence-electron chi connectivity index (χ4n) is 3.23. The first-order chi connectivity index (χ1) is 10.2. The molecule has 0 spiro atoms. The molecule has 2 atom stereocenters. The van der Waals surface area contributed by atoms with E-state index in [1.165, 1.54) is 12.8 Å². The number of ether oxygens (including phenoxy) is 1. The predicted molar refractivity (Wildman–Crippen MR) is 83.6 cm³/mol. The van der Waals surface area contributed by atoms with E-state index in [2.05, 4.69) is 16.7 Å². The smallest absolute Gasteiger partial charge is 0.118 e. The van der Waals surface area contributed by atoms with E-state index in [4.69, 9.17) is 4.74 Å². The van der Waals surface area contributed by atoms with Crippen molar-refractivity contribution in [2.24, 2.45) is 0 Å². The van der Waals surface area contributed by atoms with Gasteiger partial charge in [0.05, 0.1) is 13.2 Å². The van der Waals surface area contributed by atoms with Crippen LogP contribution < -0.4 is 4.74 Å². The van der Waals surface area contributed by atoms with Crippen LogP contribution in [0.2, 0.25) is 0 Å². The van der Waals surface area contributed by atoms with Gasteiger partial charge in [-0.05, 0) is 37.5 Å². The second kappa shape index (κ2) is 6.34. The van der Waals surface area contributed by atoms with Crippen molar-refractivity contribution in [3.63, 3.8) is 0 Å². The molecule has 116 valence electrons. The molecule has 1 N–H and O–H groups in total. The molecule has 2 aliphatic rings. The molecule has 1 aliphatic carbocycles. The van der Waals surface area contributed by atoms with E-state index in [9.17, 15) is 5.11 Å². The molecule has 1 saturated carbocycles. The van der Waals surface area contributed by atoms with Gasteiger partial charge in [0, 0.05) is 38.3 Å². The summed E-state index contributed by atoms with van der Waals surface area (Å²) in [7, 11) is 1.66. The molecule has 2 fully saturated rings. The highest BCUT2D eigenvalue weighted by Gasteiger charge is 2.33. The Labute approximate surface area is 127 Å². The Morgan fingerprint density at radius 3 is 2.24 bits per heavy atom. The quantitative estimate of drug-likeness (QED) is 0.898. The first-order valence-corrected chi connectivity index (χ1v) is 7.99. The van der Waals surface area contributed by atoms with Crippen molar-refractivity contribution in [2.75, 3.05) is 33.3 Å². The number of methoxy groups -OCH3 is 1. The topological polar surface area (TPSA) is 35.9 Å². The van der Waals surface area contributed by atoms with Crippen molar-refractivity contribution < 1.29 is 9.84 Å². The Morgan fingerprint density at radius 1 is 1.10 bits per heavy atom. The summed E-state index contributed by atoms with van der Waals surface area (Å²) in [5.74, 6) is 0.830. The van der Waals surface area contributed by atoms with E-state index in [0.29, 0.717) is 0 Å². The van der Waals surface area contributed by atoms with Gasteiger partial charge in [0.15, 0.2) is 0 Å². The lowest BCUT2D eigenvalue weighted by Gasteiger charge is -2.39. The SMILES string of the molecule is COc1ccc(C(O)C(C)N2CCN(C3CC3)CC2)cc1. The maximum Gasteiger partial charge on any atom is 0.118 e. The minimum absolute atomic E-state index is 0.153. The summed E-state index contributed by atoms with van der Waals surface area (Å²) < 4.78 is 5.17. The summed E-state index contributed by atoms with van der Waals surface area (Å²) in [6.07, 6.45) is 2.32. The summed E-state index contributed by atoms with van der Waals surface area (Å²) in [5.41, 5.74) is 0.966. The van der Waals surface area contributed by atoms with Crippen molar-refractivity contribution in [1.29, 1.82) is 0 Å². The minimum atomic E-state index is -0.441. The monoisotopic (exact) mass is 290 g/mol. The van der Waals surface area contributed by atoms with E-state index in [1.54, 1.807) is 7.11 Å². The Bertz CT molecular complexity index is 450. The molecule has 1 saturated heterocycles. The van der Waals surface area contributed by atoms with Gasteiger partial charge >= 0.3 is 0 Å². The lowest BCUT2D eigenvalue weighted by molar-refractivity contribution is 0.0244. The molecule has 2 unspecified atom stereocenters. The highest BCUT2D eigenvalue weighted by Crippen LogP contribution is 2.29. The van der Waals surface area contributed by atoms with Crippen LogP contribution >= 0.6 is 0 Å². The van der Waals surface area contributed by atoms with E-state index in [1.807, 2.05) is 24.3 Å². The lowest BCUT2D eigenvalue weighted by Crippen LogP contribution is -2.51. The second-order valence-corrected chi connectivity index (χ2v) is 6.26. The third-order valence-electron chi connectivity index (χ3n) is 4.90.